The van der Waals surface area contributed by atoms with E-state index < -0.39 is 0 Å². The van der Waals surface area contributed by atoms with E-state index >= 15 is 0 Å². The van der Waals surface area contributed by atoms with Crippen LogP contribution >= 0.6 is 0 Å². The Balaban J connectivity index is 1.26. The summed E-state index contributed by atoms with van der Waals surface area (Å²) >= 11 is 0. The first-order chi connectivity index (χ1) is 19.6. The number of para-hydroxylation sites is 3. The van der Waals surface area contributed by atoms with Gasteiger partial charge >= 0.3 is 0 Å². The summed E-state index contributed by atoms with van der Waals surface area (Å²) in [7, 11) is 0. The van der Waals surface area contributed by atoms with E-state index in [-0.39, 0.29) is 0 Å². The topological polar surface area (TPSA) is 25.2 Å². The van der Waals surface area contributed by atoms with Crippen molar-refractivity contribution < 1.29 is 4.42 Å². The average molecular weight is 518 g/mol. The predicted octanol–water partition coefficient (Wildman–Crippen LogP) is 11.0. The lowest BCUT2D eigenvalue weighted by molar-refractivity contribution is 0.667. The van der Waals surface area contributed by atoms with Crippen molar-refractivity contribution in [2.75, 3.05) is 5.32 Å². The first kappa shape index (κ1) is 24.2. The summed E-state index contributed by atoms with van der Waals surface area (Å²) in [5.41, 5.74) is 12.5. The van der Waals surface area contributed by atoms with Crippen molar-refractivity contribution in [3.63, 3.8) is 0 Å². The summed E-state index contributed by atoms with van der Waals surface area (Å²) in [4.78, 5) is 0. The standard InChI is InChI=1S/C38H31NO/c1-25-16-22-30(23-17-25)39-36-15-4-3-10-31(36)27-18-20-28(21-19-27)32-11-6-13-34-35-14-7-12-33(38(35)40-37(32)34)29-9-5-8-26(2)24-29/h3-23,26,39H,24H2,1-2H3. The highest BCUT2D eigenvalue weighted by Gasteiger charge is 2.18. The second-order valence-corrected chi connectivity index (χ2v) is 10.8. The van der Waals surface area contributed by atoms with Gasteiger partial charge in [0.05, 0.1) is 0 Å². The van der Waals surface area contributed by atoms with E-state index in [0.29, 0.717) is 5.92 Å². The van der Waals surface area contributed by atoms with Gasteiger partial charge in [-0.05, 0) is 54.2 Å². The van der Waals surface area contributed by atoms with Gasteiger partial charge in [-0.2, -0.15) is 0 Å². The number of aryl methyl sites for hydroxylation is 1. The van der Waals surface area contributed by atoms with Crippen LogP contribution in [0.1, 0.15) is 24.5 Å². The number of allylic oxidation sites excluding steroid dienone is 4. The third kappa shape index (κ3) is 4.42. The molecule has 40 heavy (non-hydrogen) atoms. The number of benzene rings is 5. The Hall–Kier alpha value is -4.82. The highest BCUT2D eigenvalue weighted by Crippen LogP contribution is 2.41. The Bertz CT molecular complexity index is 1900. The van der Waals surface area contributed by atoms with E-state index in [0.717, 1.165) is 45.5 Å². The van der Waals surface area contributed by atoms with Crippen molar-refractivity contribution in [2.24, 2.45) is 5.92 Å². The smallest absolute Gasteiger partial charge is 0.143 e. The fraction of sp³-hybridized carbons (Fsp3) is 0.105. The fourth-order valence-electron chi connectivity index (χ4n) is 5.81. The third-order valence-electron chi connectivity index (χ3n) is 7.91. The van der Waals surface area contributed by atoms with Gasteiger partial charge in [-0.25, -0.2) is 0 Å². The van der Waals surface area contributed by atoms with Crippen LogP contribution in [0.3, 0.4) is 0 Å². The summed E-state index contributed by atoms with van der Waals surface area (Å²) in [5, 5.41) is 5.92. The zero-order valence-electron chi connectivity index (χ0n) is 22.8. The molecule has 0 aliphatic heterocycles. The minimum Gasteiger partial charge on any atom is -0.455 e. The summed E-state index contributed by atoms with van der Waals surface area (Å²) in [6.45, 7) is 4.37. The predicted molar refractivity (Wildman–Crippen MR) is 170 cm³/mol. The van der Waals surface area contributed by atoms with Crippen LogP contribution in [0, 0.1) is 12.8 Å². The Labute approximate surface area is 235 Å². The maximum atomic E-state index is 6.69. The van der Waals surface area contributed by atoms with Crippen molar-refractivity contribution in [3.05, 3.63) is 139 Å². The molecule has 2 heteroatoms. The normalized spacial score (nSPS) is 14.9. The molecule has 0 amide bonds. The summed E-state index contributed by atoms with van der Waals surface area (Å²) in [5.74, 6) is 0.533. The molecule has 1 aliphatic carbocycles. The molecular formula is C38H31NO. The molecule has 0 saturated carbocycles. The van der Waals surface area contributed by atoms with Crippen LogP contribution in [0.25, 0.3) is 49.8 Å². The van der Waals surface area contributed by atoms with Gasteiger partial charge in [0.25, 0.3) is 0 Å². The van der Waals surface area contributed by atoms with Crippen LogP contribution in [-0.2, 0) is 0 Å². The van der Waals surface area contributed by atoms with E-state index in [1.54, 1.807) is 0 Å². The van der Waals surface area contributed by atoms with E-state index in [4.69, 9.17) is 4.42 Å². The highest BCUT2D eigenvalue weighted by atomic mass is 16.3. The molecule has 1 unspecified atom stereocenters. The monoisotopic (exact) mass is 517 g/mol. The molecule has 2 nitrogen and oxygen atoms in total. The van der Waals surface area contributed by atoms with Crippen molar-refractivity contribution in [3.8, 4) is 22.3 Å². The van der Waals surface area contributed by atoms with Crippen molar-refractivity contribution in [2.45, 2.75) is 20.3 Å². The second kappa shape index (κ2) is 10.1. The van der Waals surface area contributed by atoms with Crippen LogP contribution in [0.5, 0.6) is 0 Å². The Morgan fingerprint density at radius 1 is 0.650 bits per heavy atom. The number of fused-ring (bicyclic) bond motifs is 3. The van der Waals surface area contributed by atoms with Gasteiger partial charge in [0, 0.05) is 38.8 Å². The maximum Gasteiger partial charge on any atom is 0.143 e. The van der Waals surface area contributed by atoms with E-state index in [2.05, 4.69) is 147 Å². The first-order valence-corrected chi connectivity index (χ1v) is 14.0. The van der Waals surface area contributed by atoms with Crippen LogP contribution < -0.4 is 5.32 Å². The Kier molecular flexibility index (Phi) is 6.09. The van der Waals surface area contributed by atoms with E-state index in [1.165, 1.54) is 33.2 Å². The van der Waals surface area contributed by atoms with Crippen molar-refractivity contribution in [1.29, 1.82) is 0 Å². The molecule has 1 heterocycles. The lowest BCUT2D eigenvalue weighted by atomic mass is 9.90. The fourth-order valence-corrected chi connectivity index (χ4v) is 5.81. The van der Waals surface area contributed by atoms with Gasteiger partial charge in [-0.3, -0.25) is 0 Å². The first-order valence-electron chi connectivity index (χ1n) is 14.0. The van der Waals surface area contributed by atoms with Crippen LogP contribution in [0.4, 0.5) is 11.4 Å². The minimum absolute atomic E-state index is 0.533. The molecule has 7 rings (SSSR count). The Morgan fingerprint density at radius 3 is 2.00 bits per heavy atom. The number of anilines is 2. The SMILES string of the molecule is Cc1ccc(Nc2ccccc2-c2ccc(-c3cccc4c3oc3c(C5=CC=CC(C)C5)cccc34)cc2)cc1. The largest absolute Gasteiger partial charge is 0.455 e. The molecule has 5 aromatic carbocycles. The molecule has 1 atom stereocenters. The molecule has 0 radical (unpaired) electrons. The number of hydrogen-bond donors (Lipinski definition) is 1. The zero-order valence-corrected chi connectivity index (χ0v) is 22.8. The summed E-state index contributed by atoms with van der Waals surface area (Å²) in [6.07, 6.45) is 7.70. The average Bonchev–Trinajstić information content (AvgIpc) is 3.38. The van der Waals surface area contributed by atoms with Crippen LogP contribution in [0.2, 0.25) is 0 Å². The van der Waals surface area contributed by atoms with E-state index in [9.17, 15) is 0 Å². The molecular weight excluding hydrogens is 486 g/mol. The quantitative estimate of drug-likeness (QED) is 0.246. The van der Waals surface area contributed by atoms with E-state index in [1.807, 2.05) is 0 Å². The lowest BCUT2D eigenvalue weighted by Gasteiger charge is -2.14. The van der Waals surface area contributed by atoms with Gasteiger partial charge in [0.1, 0.15) is 11.2 Å². The molecule has 1 aliphatic rings. The summed E-state index contributed by atoms with van der Waals surface area (Å²) in [6, 6.07) is 38.8. The highest BCUT2D eigenvalue weighted by molar-refractivity contribution is 6.12. The number of nitrogens with one attached hydrogen (secondary N) is 1. The molecule has 0 saturated heterocycles. The number of furan rings is 1. The summed E-state index contributed by atoms with van der Waals surface area (Å²) < 4.78 is 6.69. The molecule has 0 spiro atoms. The molecule has 194 valence electrons. The second-order valence-electron chi connectivity index (χ2n) is 10.8. The van der Waals surface area contributed by atoms with Gasteiger partial charge < -0.3 is 9.73 Å². The van der Waals surface area contributed by atoms with Crippen LogP contribution in [-0.4, -0.2) is 0 Å². The van der Waals surface area contributed by atoms with Gasteiger partial charge in [0.2, 0.25) is 0 Å². The van der Waals surface area contributed by atoms with Gasteiger partial charge in [0.15, 0.2) is 0 Å². The third-order valence-corrected chi connectivity index (χ3v) is 7.91. The lowest BCUT2D eigenvalue weighted by Crippen LogP contribution is -1.97. The molecule has 0 bridgehead atoms. The molecule has 6 aromatic rings. The molecule has 1 aromatic heterocycles. The molecule has 0 fully saturated rings. The van der Waals surface area contributed by atoms with Gasteiger partial charge in [-0.15, -0.1) is 0 Å². The minimum atomic E-state index is 0.533. The Morgan fingerprint density at radius 2 is 1.27 bits per heavy atom. The van der Waals surface area contributed by atoms with Crippen molar-refractivity contribution in [1.82, 2.24) is 0 Å². The van der Waals surface area contributed by atoms with Gasteiger partial charge in [-0.1, -0.05) is 122 Å². The molecule has 1 N–H and O–H groups in total. The zero-order chi connectivity index (χ0) is 27.1. The van der Waals surface area contributed by atoms with Crippen LogP contribution in [0.15, 0.2) is 132 Å². The number of rotatable bonds is 5. The van der Waals surface area contributed by atoms with Crippen molar-refractivity contribution >= 4 is 38.9 Å². The number of hydrogen-bond acceptors (Lipinski definition) is 2. The maximum absolute atomic E-state index is 6.69.